The summed E-state index contributed by atoms with van der Waals surface area (Å²) in [5.41, 5.74) is 1.93. The van der Waals surface area contributed by atoms with E-state index in [2.05, 4.69) is 20.4 Å². The van der Waals surface area contributed by atoms with E-state index < -0.39 is 0 Å². The van der Waals surface area contributed by atoms with E-state index in [1.165, 1.54) is 0 Å². The second-order valence-corrected chi connectivity index (χ2v) is 4.55. The first-order chi connectivity index (χ1) is 8.56. The number of anilines is 1. The van der Waals surface area contributed by atoms with Gasteiger partial charge in [-0.1, -0.05) is 11.6 Å². The number of nitrogens with zero attached hydrogens (tertiary/aromatic N) is 4. The van der Waals surface area contributed by atoms with Crippen LogP contribution in [-0.2, 0) is 13.5 Å². The Morgan fingerprint density at radius 2 is 2.11 bits per heavy atom. The van der Waals surface area contributed by atoms with Gasteiger partial charge in [0.25, 0.3) is 0 Å². The van der Waals surface area contributed by atoms with E-state index in [1.807, 2.05) is 33.2 Å². The maximum absolute atomic E-state index is 6.01. The zero-order valence-corrected chi connectivity index (χ0v) is 11.5. The second-order valence-electron chi connectivity index (χ2n) is 4.19. The van der Waals surface area contributed by atoms with Crippen LogP contribution in [-0.4, -0.2) is 26.3 Å². The van der Waals surface area contributed by atoms with Crippen LogP contribution in [0.2, 0.25) is 5.15 Å². The molecule has 0 saturated carbocycles. The van der Waals surface area contributed by atoms with Crippen LogP contribution >= 0.6 is 11.6 Å². The molecule has 2 aromatic rings. The van der Waals surface area contributed by atoms with Gasteiger partial charge >= 0.3 is 0 Å². The number of nitrogens with one attached hydrogen (secondary N) is 1. The SMILES string of the molecule is Cc1nc(Cl)c(C)c(NCCc2ccn(C)n2)n1. The van der Waals surface area contributed by atoms with Crippen LogP contribution in [0.1, 0.15) is 17.1 Å². The van der Waals surface area contributed by atoms with Gasteiger partial charge in [0.1, 0.15) is 16.8 Å². The largest absolute Gasteiger partial charge is 0.369 e. The molecule has 0 amide bonds. The van der Waals surface area contributed by atoms with Gasteiger partial charge < -0.3 is 5.32 Å². The second kappa shape index (κ2) is 5.35. The van der Waals surface area contributed by atoms with E-state index in [9.17, 15) is 0 Å². The van der Waals surface area contributed by atoms with Crippen LogP contribution in [0.15, 0.2) is 12.3 Å². The van der Waals surface area contributed by atoms with Gasteiger partial charge in [-0.25, -0.2) is 9.97 Å². The molecule has 2 rings (SSSR count). The lowest BCUT2D eigenvalue weighted by atomic mass is 10.3. The third-order valence-corrected chi connectivity index (χ3v) is 3.01. The van der Waals surface area contributed by atoms with Crippen LogP contribution in [0, 0.1) is 13.8 Å². The summed E-state index contributed by atoms with van der Waals surface area (Å²) in [6.45, 7) is 4.50. The lowest BCUT2D eigenvalue weighted by molar-refractivity contribution is 0.741. The Bertz CT molecular complexity index is 549. The van der Waals surface area contributed by atoms with Gasteiger partial charge in [-0.15, -0.1) is 0 Å². The molecule has 0 saturated heterocycles. The lowest BCUT2D eigenvalue weighted by Crippen LogP contribution is -2.10. The van der Waals surface area contributed by atoms with Crippen molar-refractivity contribution in [2.45, 2.75) is 20.3 Å². The molecular formula is C12H16ClN5. The van der Waals surface area contributed by atoms with Crippen molar-refractivity contribution in [1.29, 1.82) is 0 Å². The van der Waals surface area contributed by atoms with Crippen molar-refractivity contribution in [3.63, 3.8) is 0 Å². The molecule has 0 aliphatic carbocycles. The quantitative estimate of drug-likeness (QED) is 0.861. The molecule has 2 aromatic heterocycles. The number of hydrogen-bond acceptors (Lipinski definition) is 4. The smallest absolute Gasteiger partial charge is 0.137 e. The number of hydrogen-bond donors (Lipinski definition) is 1. The van der Waals surface area contributed by atoms with Crippen molar-refractivity contribution in [3.8, 4) is 0 Å². The summed E-state index contributed by atoms with van der Waals surface area (Å²) in [5, 5.41) is 8.09. The van der Waals surface area contributed by atoms with Crippen LogP contribution in [0.3, 0.4) is 0 Å². The fourth-order valence-electron chi connectivity index (χ4n) is 1.67. The molecule has 5 nitrogen and oxygen atoms in total. The monoisotopic (exact) mass is 265 g/mol. The van der Waals surface area contributed by atoms with Crippen LogP contribution in [0.25, 0.3) is 0 Å². The number of rotatable bonds is 4. The molecule has 0 aliphatic rings. The third-order valence-electron chi connectivity index (χ3n) is 2.64. The minimum absolute atomic E-state index is 0.503. The van der Waals surface area contributed by atoms with Crippen molar-refractivity contribution < 1.29 is 0 Å². The minimum Gasteiger partial charge on any atom is -0.369 e. The molecule has 0 aliphatic heterocycles. The first-order valence-electron chi connectivity index (χ1n) is 5.79. The predicted molar refractivity (Wildman–Crippen MR) is 71.9 cm³/mol. The summed E-state index contributed by atoms with van der Waals surface area (Å²) in [4.78, 5) is 8.44. The van der Waals surface area contributed by atoms with E-state index in [0.717, 1.165) is 30.0 Å². The summed E-state index contributed by atoms with van der Waals surface area (Å²) in [7, 11) is 1.91. The first-order valence-corrected chi connectivity index (χ1v) is 6.17. The van der Waals surface area contributed by atoms with Gasteiger partial charge in [-0.05, 0) is 19.9 Å². The molecule has 0 bridgehead atoms. The molecule has 6 heteroatoms. The van der Waals surface area contributed by atoms with Gasteiger partial charge in [-0.2, -0.15) is 5.10 Å². The molecule has 0 spiro atoms. The van der Waals surface area contributed by atoms with Crippen LogP contribution in [0.5, 0.6) is 0 Å². The highest BCUT2D eigenvalue weighted by Gasteiger charge is 2.06. The Morgan fingerprint density at radius 3 is 2.78 bits per heavy atom. The van der Waals surface area contributed by atoms with E-state index in [0.29, 0.717) is 11.0 Å². The Morgan fingerprint density at radius 1 is 1.33 bits per heavy atom. The van der Waals surface area contributed by atoms with Crippen molar-refractivity contribution in [1.82, 2.24) is 19.7 Å². The first kappa shape index (κ1) is 12.8. The Balaban J connectivity index is 1.98. The van der Waals surface area contributed by atoms with Gasteiger partial charge in [0, 0.05) is 31.8 Å². The fourth-order valence-corrected chi connectivity index (χ4v) is 1.88. The number of aryl methyl sites for hydroxylation is 2. The normalized spacial score (nSPS) is 10.7. The van der Waals surface area contributed by atoms with Gasteiger partial charge in [0.2, 0.25) is 0 Å². The van der Waals surface area contributed by atoms with Gasteiger partial charge in [0.05, 0.1) is 5.69 Å². The minimum atomic E-state index is 0.503. The molecule has 0 atom stereocenters. The molecule has 0 unspecified atom stereocenters. The summed E-state index contributed by atoms with van der Waals surface area (Å²) < 4.78 is 1.80. The molecule has 0 radical (unpaired) electrons. The van der Waals surface area contributed by atoms with E-state index >= 15 is 0 Å². The van der Waals surface area contributed by atoms with Crippen molar-refractivity contribution in [2.24, 2.45) is 7.05 Å². The summed E-state index contributed by atoms with van der Waals surface area (Å²) in [5.74, 6) is 1.47. The molecule has 96 valence electrons. The fraction of sp³-hybridized carbons (Fsp3) is 0.417. The molecule has 0 fully saturated rings. The van der Waals surface area contributed by atoms with Crippen molar-refractivity contribution >= 4 is 17.4 Å². The average molecular weight is 266 g/mol. The predicted octanol–water partition coefficient (Wildman–Crippen LogP) is 2.13. The number of halogens is 1. The molecular weight excluding hydrogens is 250 g/mol. The zero-order chi connectivity index (χ0) is 13.1. The Hall–Kier alpha value is -1.62. The Kier molecular flexibility index (Phi) is 3.81. The van der Waals surface area contributed by atoms with Gasteiger partial charge in [0.15, 0.2) is 0 Å². The average Bonchev–Trinajstić information content (AvgIpc) is 2.71. The maximum Gasteiger partial charge on any atom is 0.137 e. The topological polar surface area (TPSA) is 55.6 Å². The maximum atomic E-state index is 6.01. The summed E-state index contributed by atoms with van der Waals surface area (Å²) >= 11 is 6.01. The summed E-state index contributed by atoms with van der Waals surface area (Å²) in [6, 6.07) is 2.01. The molecule has 0 aromatic carbocycles. The van der Waals surface area contributed by atoms with Gasteiger partial charge in [-0.3, -0.25) is 4.68 Å². The highest BCUT2D eigenvalue weighted by atomic mass is 35.5. The van der Waals surface area contributed by atoms with E-state index in [1.54, 1.807) is 4.68 Å². The summed E-state index contributed by atoms with van der Waals surface area (Å²) in [6.07, 6.45) is 2.78. The highest BCUT2D eigenvalue weighted by Crippen LogP contribution is 2.19. The van der Waals surface area contributed by atoms with E-state index in [-0.39, 0.29) is 0 Å². The standard InChI is InChI=1S/C12H16ClN5/c1-8-11(13)15-9(2)16-12(8)14-6-4-10-5-7-18(3)17-10/h5,7H,4,6H2,1-3H3,(H,14,15,16). The van der Waals surface area contributed by atoms with Crippen molar-refractivity contribution in [2.75, 3.05) is 11.9 Å². The van der Waals surface area contributed by atoms with Crippen LogP contribution < -0.4 is 5.32 Å². The zero-order valence-electron chi connectivity index (χ0n) is 10.7. The highest BCUT2D eigenvalue weighted by molar-refractivity contribution is 6.30. The van der Waals surface area contributed by atoms with Crippen molar-refractivity contribution in [3.05, 3.63) is 34.5 Å². The van der Waals surface area contributed by atoms with Crippen LogP contribution in [0.4, 0.5) is 5.82 Å². The third kappa shape index (κ3) is 2.98. The molecule has 1 N–H and O–H groups in total. The lowest BCUT2D eigenvalue weighted by Gasteiger charge is -2.09. The van der Waals surface area contributed by atoms with E-state index in [4.69, 9.17) is 11.6 Å². The molecule has 18 heavy (non-hydrogen) atoms. The number of aromatic nitrogens is 4. The Labute approximate surface area is 111 Å². The molecule has 2 heterocycles.